The highest BCUT2D eigenvalue weighted by Crippen LogP contribution is 2.21. The van der Waals surface area contributed by atoms with Gasteiger partial charge in [-0.15, -0.1) is 0 Å². The van der Waals surface area contributed by atoms with Crippen molar-refractivity contribution in [3.8, 4) is 6.07 Å². The van der Waals surface area contributed by atoms with E-state index in [4.69, 9.17) is 11.0 Å². The number of pyridine rings is 1. The molecule has 3 N–H and O–H groups in total. The summed E-state index contributed by atoms with van der Waals surface area (Å²) in [5.41, 5.74) is 5.97. The van der Waals surface area contributed by atoms with Crippen molar-refractivity contribution in [2.75, 3.05) is 10.5 Å². The van der Waals surface area contributed by atoms with E-state index in [9.17, 15) is 12.8 Å². The number of hydrogen-bond acceptors (Lipinski definition) is 5. The van der Waals surface area contributed by atoms with Crippen LogP contribution in [-0.4, -0.2) is 13.4 Å². The highest BCUT2D eigenvalue weighted by atomic mass is 32.2. The topological polar surface area (TPSA) is 109 Å². The lowest BCUT2D eigenvalue weighted by Crippen LogP contribution is -2.14. The minimum Gasteiger partial charge on any atom is -0.399 e. The molecule has 0 spiro atoms. The molecule has 1 aromatic heterocycles. The monoisotopic (exact) mass is 292 g/mol. The van der Waals surface area contributed by atoms with Crippen molar-refractivity contribution in [2.45, 2.75) is 4.90 Å². The van der Waals surface area contributed by atoms with Crippen molar-refractivity contribution in [3.63, 3.8) is 0 Å². The third-order valence-electron chi connectivity index (χ3n) is 2.40. The second-order valence-electron chi connectivity index (χ2n) is 3.86. The first kappa shape index (κ1) is 13.8. The molecular formula is C12H9FN4O2S. The minimum absolute atomic E-state index is 0.0611. The number of halogens is 1. The number of rotatable bonds is 3. The summed E-state index contributed by atoms with van der Waals surface area (Å²) in [7, 11) is -4.03. The number of anilines is 2. The summed E-state index contributed by atoms with van der Waals surface area (Å²) < 4.78 is 39.3. The van der Waals surface area contributed by atoms with Gasteiger partial charge in [-0.3, -0.25) is 9.71 Å². The van der Waals surface area contributed by atoms with Gasteiger partial charge in [-0.1, -0.05) is 0 Å². The van der Waals surface area contributed by atoms with Crippen LogP contribution in [0.25, 0.3) is 0 Å². The molecule has 0 aliphatic heterocycles. The smallest absolute Gasteiger partial charge is 0.263 e. The predicted octanol–water partition coefficient (Wildman–Crippen LogP) is 1.48. The second kappa shape index (κ2) is 5.14. The SMILES string of the molecule is N#Cc1cc(N)ccc1NS(=O)(=O)c1cncc(F)c1. The zero-order chi connectivity index (χ0) is 14.8. The van der Waals surface area contributed by atoms with E-state index in [0.717, 1.165) is 18.5 Å². The average molecular weight is 292 g/mol. The van der Waals surface area contributed by atoms with Gasteiger partial charge >= 0.3 is 0 Å². The van der Waals surface area contributed by atoms with Crippen molar-refractivity contribution in [1.82, 2.24) is 4.98 Å². The Morgan fingerprint density at radius 2 is 2.05 bits per heavy atom. The standard InChI is InChI=1S/C12H9FN4O2S/c13-9-4-11(7-16-6-9)20(18,19)17-12-2-1-10(15)3-8(12)5-14/h1-4,6-7,17H,15H2. The Kier molecular flexibility index (Phi) is 3.54. The molecule has 0 amide bonds. The molecule has 1 aromatic carbocycles. The Hall–Kier alpha value is -2.66. The maximum absolute atomic E-state index is 13.0. The lowest BCUT2D eigenvalue weighted by Gasteiger charge is -2.09. The molecule has 102 valence electrons. The van der Waals surface area contributed by atoms with Crippen molar-refractivity contribution in [2.24, 2.45) is 0 Å². The van der Waals surface area contributed by atoms with E-state index in [2.05, 4.69) is 9.71 Å². The highest BCUT2D eigenvalue weighted by Gasteiger charge is 2.17. The van der Waals surface area contributed by atoms with E-state index >= 15 is 0 Å². The molecule has 0 aliphatic rings. The predicted molar refractivity (Wildman–Crippen MR) is 70.6 cm³/mol. The Labute approximate surface area is 114 Å². The van der Waals surface area contributed by atoms with Crippen molar-refractivity contribution in [3.05, 3.63) is 48.0 Å². The molecule has 20 heavy (non-hydrogen) atoms. The number of sulfonamides is 1. The van der Waals surface area contributed by atoms with Gasteiger partial charge in [-0.2, -0.15) is 5.26 Å². The van der Waals surface area contributed by atoms with Gasteiger partial charge in [0.2, 0.25) is 0 Å². The van der Waals surface area contributed by atoms with Crippen LogP contribution < -0.4 is 10.5 Å². The average Bonchev–Trinajstić information content (AvgIpc) is 2.40. The molecule has 0 saturated heterocycles. The quantitative estimate of drug-likeness (QED) is 0.833. The van der Waals surface area contributed by atoms with Gasteiger partial charge in [0.1, 0.15) is 16.8 Å². The van der Waals surface area contributed by atoms with Gasteiger partial charge in [0.25, 0.3) is 10.0 Å². The van der Waals surface area contributed by atoms with Crippen LogP contribution in [0.5, 0.6) is 0 Å². The summed E-state index contributed by atoms with van der Waals surface area (Å²) in [6, 6.07) is 6.80. The van der Waals surface area contributed by atoms with E-state index in [1.165, 1.54) is 18.2 Å². The molecule has 0 aliphatic carbocycles. The van der Waals surface area contributed by atoms with Crippen LogP contribution >= 0.6 is 0 Å². The Morgan fingerprint density at radius 3 is 2.70 bits per heavy atom. The molecule has 0 bridgehead atoms. The molecule has 0 atom stereocenters. The number of benzene rings is 1. The number of nitrogens with two attached hydrogens (primary N) is 1. The fourth-order valence-electron chi connectivity index (χ4n) is 1.49. The largest absolute Gasteiger partial charge is 0.399 e. The first-order valence-corrected chi connectivity index (χ1v) is 6.84. The van der Waals surface area contributed by atoms with Crippen LogP contribution in [0.1, 0.15) is 5.56 Å². The Bertz CT molecular complexity index is 799. The van der Waals surface area contributed by atoms with Crippen LogP contribution in [0, 0.1) is 17.1 Å². The fraction of sp³-hybridized carbons (Fsp3) is 0. The van der Waals surface area contributed by atoms with E-state index < -0.39 is 15.8 Å². The molecule has 2 rings (SSSR count). The van der Waals surface area contributed by atoms with Gasteiger partial charge in [0.05, 0.1) is 17.4 Å². The van der Waals surface area contributed by atoms with Crippen molar-refractivity contribution >= 4 is 21.4 Å². The molecule has 0 fully saturated rings. The first-order valence-electron chi connectivity index (χ1n) is 5.35. The molecule has 6 nitrogen and oxygen atoms in total. The fourth-order valence-corrected chi connectivity index (χ4v) is 2.54. The number of nitrogen functional groups attached to an aromatic ring is 1. The van der Waals surface area contributed by atoms with Crippen molar-refractivity contribution in [1.29, 1.82) is 5.26 Å². The molecule has 0 saturated carbocycles. The lowest BCUT2D eigenvalue weighted by molar-refractivity contribution is 0.592. The molecule has 2 aromatic rings. The summed E-state index contributed by atoms with van der Waals surface area (Å²) in [6.45, 7) is 0. The van der Waals surface area contributed by atoms with E-state index in [-0.39, 0.29) is 16.1 Å². The summed E-state index contributed by atoms with van der Waals surface area (Å²) in [4.78, 5) is 3.13. The van der Waals surface area contributed by atoms with Crippen LogP contribution in [0.15, 0.2) is 41.6 Å². The molecule has 0 unspecified atom stereocenters. The van der Waals surface area contributed by atoms with Gasteiger partial charge in [-0.05, 0) is 24.3 Å². The first-order chi connectivity index (χ1) is 9.42. The molecular weight excluding hydrogens is 283 g/mol. The molecule has 1 heterocycles. The number of nitrogens with zero attached hydrogens (tertiary/aromatic N) is 2. The van der Waals surface area contributed by atoms with E-state index in [1.54, 1.807) is 0 Å². The maximum Gasteiger partial charge on any atom is 0.263 e. The van der Waals surface area contributed by atoms with Crippen LogP contribution in [0.3, 0.4) is 0 Å². The normalized spacial score (nSPS) is 10.8. The Morgan fingerprint density at radius 1 is 1.30 bits per heavy atom. The summed E-state index contributed by atoms with van der Waals surface area (Å²) in [6.07, 6.45) is 1.90. The third kappa shape index (κ3) is 2.84. The summed E-state index contributed by atoms with van der Waals surface area (Å²) in [5.74, 6) is -0.773. The number of nitrogens with one attached hydrogen (secondary N) is 1. The van der Waals surface area contributed by atoms with Gasteiger partial charge in [-0.25, -0.2) is 12.8 Å². The highest BCUT2D eigenvalue weighted by molar-refractivity contribution is 7.92. The summed E-state index contributed by atoms with van der Waals surface area (Å²) >= 11 is 0. The van der Waals surface area contributed by atoms with Gasteiger partial charge < -0.3 is 5.73 Å². The van der Waals surface area contributed by atoms with Gasteiger partial charge in [0.15, 0.2) is 0 Å². The number of hydrogen-bond donors (Lipinski definition) is 2. The van der Waals surface area contributed by atoms with Crippen LogP contribution in [-0.2, 0) is 10.0 Å². The van der Waals surface area contributed by atoms with Crippen LogP contribution in [0.4, 0.5) is 15.8 Å². The van der Waals surface area contributed by atoms with E-state index in [0.29, 0.717) is 5.69 Å². The zero-order valence-electron chi connectivity index (χ0n) is 10.0. The minimum atomic E-state index is -4.03. The van der Waals surface area contributed by atoms with Gasteiger partial charge in [0, 0.05) is 11.9 Å². The summed E-state index contributed by atoms with van der Waals surface area (Å²) in [5, 5.41) is 8.94. The van der Waals surface area contributed by atoms with Crippen molar-refractivity contribution < 1.29 is 12.8 Å². The molecule has 8 heteroatoms. The Balaban J connectivity index is 2.42. The van der Waals surface area contributed by atoms with Crippen LogP contribution in [0.2, 0.25) is 0 Å². The zero-order valence-corrected chi connectivity index (χ0v) is 10.9. The van der Waals surface area contributed by atoms with E-state index in [1.807, 2.05) is 6.07 Å². The molecule has 0 radical (unpaired) electrons. The lowest BCUT2D eigenvalue weighted by atomic mass is 10.2. The number of nitriles is 1. The second-order valence-corrected chi connectivity index (χ2v) is 5.54. The maximum atomic E-state index is 13.0. The number of aromatic nitrogens is 1. The third-order valence-corrected chi connectivity index (χ3v) is 3.73.